The highest BCUT2D eigenvalue weighted by molar-refractivity contribution is 9.10. The minimum atomic E-state index is -0.148. The summed E-state index contributed by atoms with van der Waals surface area (Å²) in [5.74, 6) is 0.689. The molecular formula is C11H16BrNO. The predicted molar refractivity (Wildman–Crippen MR) is 62.5 cm³/mol. The minimum absolute atomic E-state index is 0.148. The van der Waals surface area contributed by atoms with Crippen molar-refractivity contribution in [3.8, 4) is 5.75 Å². The molecule has 0 heterocycles. The van der Waals surface area contributed by atoms with Crippen molar-refractivity contribution in [2.24, 2.45) is 5.73 Å². The molecule has 3 heteroatoms. The van der Waals surface area contributed by atoms with Gasteiger partial charge in [-0.25, -0.2) is 0 Å². The van der Waals surface area contributed by atoms with Crippen LogP contribution >= 0.6 is 15.9 Å². The molecule has 0 radical (unpaired) electrons. The number of phenols is 1. The van der Waals surface area contributed by atoms with E-state index in [0.29, 0.717) is 5.92 Å². The molecule has 0 amide bonds. The van der Waals surface area contributed by atoms with E-state index in [2.05, 4.69) is 29.8 Å². The Kier molecular flexibility index (Phi) is 3.56. The van der Waals surface area contributed by atoms with E-state index >= 15 is 0 Å². The summed E-state index contributed by atoms with van der Waals surface area (Å²) in [5.41, 5.74) is 7.75. The van der Waals surface area contributed by atoms with Gasteiger partial charge in [0.05, 0.1) is 4.47 Å². The van der Waals surface area contributed by atoms with Crippen LogP contribution < -0.4 is 5.73 Å². The first-order valence-electron chi connectivity index (χ1n) is 4.71. The van der Waals surface area contributed by atoms with Gasteiger partial charge in [-0.15, -0.1) is 0 Å². The van der Waals surface area contributed by atoms with Crippen LogP contribution in [0.5, 0.6) is 5.75 Å². The Morgan fingerprint density at radius 1 is 1.29 bits per heavy atom. The zero-order chi connectivity index (χ0) is 10.9. The zero-order valence-electron chi connectivity index (χ0n) is 8.71. The lowest BCUT2D eigenvalue weighted by molar-refractivity contribution is 0.460. The summed E-state index contributed by atoms with van der Waals surface area (Å²) in [6, 6.07) is 3.76. The molecule has 14 heavy (non-hydrogen) atoms. The highest BCUT2D eigenvalue weighted by Crippen LogP contribution is 2.34. The maximum absolute atomic E-state index is 9.75. The van der Waals surface area contributed by atoms with Gasteiger partial charge >= 0.3 is 0 Å². The average Bonchev–Trinajstić information content (AvgIpc) is 2.08. The molecule has 0 fully saturated rings. The molecule has 1 unspecified atom stereocenters. The number of halogens is 1. The Bertz CT molecular complexity index is 334. The second-order valence-corrected chi connectivity index (χ2v) is 4.74. The maximum atomic E-state index is 9.75. The van der Waals surface area contributed by atoms with E-state index in [1.54, 1.807) is 0 Å². The van der Waals surface area contributed by atoms with Crippen molar-refractivity contribution < 1.29 is 5.11 Å². The van der Waals surface area contributed by atoms with Gasteiger partial charge < -0.3 is 10.8 Å². The molecule has 1 rings (SSSR count). The van der Waals surface area contributed by atoms with Crippen LogP contribution in [0.3, 0.4) is 0 Å². The van der Waals surface area contributed by atoms with Crippen LogP contribution in [0.1, 0.15) is 43.9 Å². The van der Waals surface area contributed by atoms with Gasteiger partial charge in [-0.05, 0) is 40.4 Å². The molecule has 0 spiro atoms. The largest absolute Gasteiger partial charge is 0.506 e. The summed E-state index contributed by atoms with van der Waals surface area (Å²) in [4.78, 5) is 0. The fourth-order valence-corrected chi connectivity index (χ4v) is 1.82. The van der Waals surface area contributed by atoms with Crippen molar-refractivity contribution in [1.82, 2.24) is 0 Å². The molecule has 0 saturated carbocycles. The third-order valence-corrected chi connectivity index (χ3v) is 2.88. The summed E-state index contributed by atoms with van der Waals surface area (Å²) in [5, 5.41) is 9.75. The number of hydrogen-bond donors (Lipinski definition) is 2. The van der Waals surface area contributed by atoms with Gasteiger partial charge in [0.15, 0.2) is 0 Å². The van der Waals surface area contributed by atoms with E-state index in [4.69, 9.17) is 5.73 Å². The SMILES string of the molecule is CC(C)c1cc(Br)c(O)c(C(C)N)c1. The molecule has 2 nitrogen and oxygen atoms in total. The van der Waals surface area contributed by atoms with Gasteiger partial charge in [0.2, 0.25) is 0 Å². The lowest BCUT2D eigenvalue weighted by atomic mass is 9.98. The molecule has 1 aromatic rings. The number of rotatable bonds is 2. The first kappa shape index (κ1) is 11.5. The van der Waals surface area contributed by atoms with E-state index in [9.17, 15) is 5.11 Å². The van der Waals surface area contributed by atoms with Crippen molar-refractivity contribution in [1.29, 1.82) is 0 Å². The van der Waals surface area contributed by atoms with Crippen molar-refractivity contribution in [2.75, 3.05) is 0 Å². The highest BCUT2D eigenvalue weighted by Gasteiger charge is 2.12. The molecule has 0 aliphatic rings. The Morgan fingerprint density at radius 3 is 2.29 bits per heavy atom. The van der Waals surface area contributed by atoms with E-state index in [-0.39, 0.29) is 11.8 Å². The maximum Gasteiger partial charge on any atom is 0.134 e. The molecule has 1 aromatic carbocycles. The summed E-state index contributed by atoms with van der Waals surface area (Å²) in [6.07, 6.45) is 0. The lowest BCUT2D eigenvalue weighted by Crippen LogP contribution is -2.06. The summed E-state index contributed by atoms with van der Waals surface area (Å²) >= 11 is 3.33. The summed E-state index contributed by atoms with van der Waals surface area (Å²) in [6.45, 7) is 6.10. The number of nitrogens with two attached hydrogens (primary N) is 1. The smallest absolute Gasteiger partial charge is 0.134 e. The number of hydrogen-bond acceptors (Lipinski definition) is 2. The van der Waals surface area contributed by atoms with Gasteiger partial charge in [0, 0.05) is 11.6 Å². The molecule has 0 bridgehead atoms. The Hall–Kier alpha value is -0.540. The van der Waals surface area contributed by atoms with Crippen molar-refractivity contribution in [2.45, 2.75) is 32.7 Å². The standard InChI is InChI=1S/C11H16BrNO/c1-6(2)8-4-9(7(3)13)11(14)10(12)5-8/h4-7,14H,13H2,1-3H3. The van der Waals surface area contributed by atoms with Gasteiger partial charge in [0.25, 0.3) is 0 Å². The van der Waals surface area contributed by atoms with E-state index in [0.717, 1.165) is 10.0 Å². The van der Waals surface area contributed by atoms with Crippen LogP contribution in [0, 0.1) is 0 Å². The zero-order valence-corrected chi connectivity index (χ0v) is 10.3. The molecule has 0 aliphatic heterocycles. The van der Waals surface area contributed by atoms with Gasteiger partial charge in [-0.2, -0.15) is 0 Å². The number of phenolic OH excluding ortho intramolecular Hbond substituents is 1. The van der Waals surface area contributed by atoms with Crippen LogP contribution in [-0.2, 0) is 0 Å². The molecule has 0 aromatic heterocycles. The molecule has 78 valence electrons. The lowest BCUT2D eigenvalue weighted by Gasteiger charge is -2.14. The van der Waals surface area contributed by atoms with Crippen LogP contribution in [0.4, 0.5) is 0 Å². The number of benzene rings is 1. The van der Waals surface area contributed by atoms with Crippen LogP contribution in [0.15, 0.2) is 16.6 Å². The minimum Gasteiger partial charge on any atom is -0.506 e. The molecule has 3 N–H and O–H groups in total. The van der Waals surface area contributed by atoms with Crippen molar-refractivity contribution >= 4 is 15.9 Å². The summed E-state index contributed by atoms with van der Waals surface area (Å²) in [7, 11) is 0. The van der Waals surface area contributed by atoms with Gasteiger partial charge in [0.1, 0.15) is 5.75 Å². The van der Waals surface area contributed by atoms with Crippen LogP contribution in [0.2, 0.25) is 0 Å². The predicted octanol–water partition coefficient (Wildman–Crippen LogP) is 3.30. The molecule has 0 aliphatic carbocycles. The molecule has 0 saturated heterocycles. The quantitative estimate of drug-likeness (QED) is 0.854. The van der Waals surface area contributed by atoms with Crippen LogP contribution in [-0.4, -0.2) is 5.11 Å². The Balaban J connectivity index is 3.28. The number of aromatic hydroxyl groups is 1. The summed E-state index contributed by atoms with van der Waals surface area (Å²) < 4.78 is 0.719. The highest BCUT2D eigenvalue weighted by atomic mass is 79.9. The van der Waals surface area contributed by atoms with Gasteiger partial charge in [-0.1, -0.05) is 19.9 Å². The Labute approximate surface area is 93.3 Å². The normalized spacial score (nSPS) is 13.3. The fourth-order valence-electron chi connectivity index (χ4n) is 1.32. The van der Waals surface area contributed by atoms with Crippen molar-refractivity contribution in [3.63, 3.8) is 0 Å². The second-order valence-electron chi connectivity index (χ2n) is 3.88. The molecule has 1 atom stereocenters. The topological polar surface area (TPSA) is 46.2 Å². The van der Waals surface area contributed by atoms with Gasteiger partial charge in [-0.3, -0.25) is 0 Å². The van der Waals surface area contributed by atoms with Crippen LogP contribution in [0.25, 0.3) is 0 Å². The van der Waals surface area contributed by atoms with E-state index in [1.165, 1.54) is 5.56 Å². The third kappa shape index (κ3) is 2.28. The van der Waals surface area contributed by atoms with Crippen molar-refractivity contribution in [3.05, 3.63) is 27.7 Å². The first-order valence-corrected chi connectivity index (χ1v) is 5.50. The fraction of sp³-hybridized carbons (Fsp3) is 0.455. The van der Waals surface area contributed by atoms with E-state index in [1.807, 2.05) is 19.1 Å². The molecular weight excluding hydrogens is 242 g/mol. The second kappa shape index (κ2) is 4.32. The monoisotopic (exact) mass is 257 g/mol. The first-order chi connectivity index (χ1) is 6.43. The third-order valence-electron chi connectivity index (χ3n) is 2.27. The average molecular weight is 258 g/mol. The van der Waals surface area contributed by atoms with E-state index < -0.39 is 0 Å². The Morgan fingerprint density at radius 2 is 1.86 bits per heavy atom.